The van der Waals surface area contributed by atoms with Crippen molar-refractivity contribution >= 4 is 11.6 Å². The third-order valence-corrected chi connectivity index (χ3v) is 5.98. The number of hydrogen-bond donors (Lipinski definition) is 1. The maximum atomic E-state index is 13.3. The number of aryl methyl sites for hydroxylation is 1. The van der Waals surface area contributed by atoms with Crippen LogP contribution in [0.5, 0.6) is 0 Å². The summed E-state index contributed by atoms with van der Waals surface area (Å²) in [4.78, 5) is 32.5. The lowest BCUT2D eigenvalue weighted by Crippen LogP contribution is -2.38. The zero-order chi connectivity index (χ0) is 22.1. The number of carbonyl (C=O) groups excluding carboxylic acids is 1. The van der Waals surface area contributed by atoms with E-state index in [1.54, 1.807) is 12.4 Å². The first kappa shape index (κ1) is 20.1. The van der Waals surface area contributed by atoms with Crippen LogP contribution in [0.25, 0.3) is 5.65 Å². The highest BCUT2D eigenvalue weighted by molar-refractivity contribution is 5.99. The van der Waals surface area contributed by atoms with Gasteiger partial charge in [0.1, 0.15) is 5.56 Å². The molecule has 1 aliphatic heterocycles. The number of benzene rings is 1. The van der Waals surface area contributed by atoms with Crippen LogP contribution in [0.15, 0.2) is 65.8 Å². The molecule has 5 rings (SSSR count). The molecule has 8 heteroatoms. The van der Waals surface area contributed by atoms with Crippen LogP contribution >= 0.6 is 0 Å². The highest BCUT2D eigenvalue weighted by Crippen LogP contribution is 2.21. The van der Waals surface area contributed by atoms with Crippen molar-refractivity contribution in [3.8, 4) is 0 Å². The van der Waals surface area contributed by atoms with Gasteiger partial charge in [-0.05, 0) is 17.2 Å². The molecule has 0 bridgehead atoms. The number of nitrogens with zero attached hydrogens (tertiary/aromatic N) is 5. The number of rotatable bonds is 5. The average Bonchev–Trinajstić information content (AvgIpc) is 3.28. The van der Waals surface area contributed by atoms with E-state index in [4.69, 9.17) is 0 Å². The van der Waals surface area contributed by atoms with E-state index in [1.165, 1.54) is 16.3 Å². The Morgan fingerprint density at radius 2 is 1.91 bits per heavy atom. The number of carbonyl (C=O) groups is 1. The van der Waals surface area contributed by atoms with Crippen LogP contribution in [-0.2, 0) is 33.1 Å². The van der Waals surface area contributed by atoms with Gasteiger partial charge in [-0.3, -0.25) is 19.5 Å². The molecule has 8 nitrogen and oxygen atoms in total. The van der Waals surface area contributed by atoms with Gasteiger partial charge in [-0.1, -0.05) is 36.4 Å². The molecule has 1 amide bonds. The molecule has 0 fully saturated rings. The lowest BCUT2D eigenvalue weighted by atomic mass is 10.1. The molecule has 0 saturated carbocycles. The number of nitrogens with one attached hydrogen (secondary N) is 1. The molecule has 0 unspecified atom stereocenters. The molecule has 0 saturated heterocycles. The minimum absolute atomic E-state index is 0.155. The number of hydrogen-bond acceptors (Lipinski definition) is 5. The fourth-order valence-corrected chi connectivity index (χ4v) is 4.36. The molecule has 0 aliphatic carbocycles. The van der Waals surface area contributed by atoms with Crippen molar-refractivity contribution in [1.29, 1.82) is 0 Å². The summed E-state index contributed by atoms with van der Waals surface area (Å²) in [5.41, 5.74) is 4.60. The predicted octanol–water partition coefficient (Wildman–Crippen LogP) is 1.92. The van der Waals surface area contributed by atoms with E-state index >= 15 is 0 Å². The largest absolute Gasteiger partial charge is 0.348 e. The summed E-state index contributed by atoms with van der Waals surface area (Å²) in [6.07, 6.45) is 5.62. The van der Waals surface area contributed by atoms with E-state index in [-0.39, 0.29) is 11.5 Å². The second-order valence-electron chi connectivity index (χ2n) is 8.07. The molecule has 0 radical (unpaired) electrons. The van der Waals surface area contributed by atoms with Crippen LogP contribution in [0.3, 0.4) is 0 Å². The molecule has 0 atom stereocenters. The van der Waals surface area contributed by atoms with Gasteiger partial charge in [-0.2, -0.15) is 9.61 Å². The molecule has 1 aliphatic rings. The highest BCUT2D eigenvalue weighted by atomic mass is 16.2. The summed E-state index contributed by atoms with van der Waals surface area (Å²) in [5.74, 6) is -0.264. The molecule has 3 aromatic heterocycles. The minimum atomic E-state index is -0.264. The lowest BCUT2D eigenvalue weighted by Gasteiger charge is -2.29. The smallest absolute Gasteiger partial charge is 0.279 e. The fraction of sp³-hybridized carbons (Fsp3) is 0.250. The van der Waals surface area contributed by atoms with Gasteiger partial charge in [0.2, 0.25) is 0 Å². The monoisotopic (exact) mass is 428 g/mol. The van der Waals surface area contributed by atoms with E-state index in [1.807, 2.05) is 41.9 Å². The fourth-order valence-electron chi connectivity index (χ4n) is 4.36. The van der Waals surface area contributed by atoms with Crippen molar-refractivity contribution in [2.75, 3.05) is 6.54 Å². The van der Waals surface area contributed by atoms with Crippen molar-refractivity contribution in [2.24, 2.45) is 7.05 Å². The number of amides is 1. The second kappa shape index (κ2) is 8.39. The van der Waals surface area contributed by atoms with Crippen LogP contribution in [0.4, 0.5) is 0 Å². The summed E-state index contributed by atoms with van der Waals surface area (Å²) in [7, 11) is 1.90. The highest BCUT2D eigenvalue weighted by Gasteiger charge is 2.26. The van der Waals surface area contributed by atoms with E-state index in [0.29, 0.717) is 24.3 Å². The summed E-state index contributed by atoms with van der Waals surface area (Å²) in [5, 5.41) is 7.16. The van der Waals surface area contributed by atoms with Gasteiger partial charge in [0.05, 0.1) is 11.8 Å². The Bertz CT molecular complexity index is 1330. The van der Waals surface area contributed by atoms with Crippen LogP contribution < -0.4 is 10.9 Å². The first-order valence-electron chi connectivity index (χ1n) is 10.6. The van der Waals surface area contributed by atoms with Crippen molar-refractivity contribution in [3.63, 3.8) is 0 Å². The number of pyridine rings is 1. The Kier molecular flexibility index (Phi) is 5.28. The molecule has 0 spiro atoms. The normalized spacial score (nSPS) is 13.8. The zero-order valence-corrected chi connectivity index (χ0v) is 17.9. The Balaban J connectivity index is 1.43. The predicted molar refractivity (Wildman–Crippen MR) is 120 cm³/mol. The van der Waals surface area contributed by atoms with E-state index in [2.05, 4.69) is 32.4 Å². The van der Waals surface area contributed by atoms with Gasteiger partial charge in [0.15, 0.2) is 5.65 Å². The Morgan fingerprint density at radius 3 is 2.69 bits per heavy atom. The van der Waals surface area contributed by atoms with E-state index < -0.39 is 0 Å². The standard InChI is InChI=1S/C24H24N6O2/c1-28-21-9-11-29(15-17-6-3-2-4-7-17)16-20(21)24(32)30-23(28)19(14-27-30)22(31)26-13-18-8-5-10-25-12-18/h2-8,10,12,14H,9,11,13,15-16H2,1H3,(H,26,31). The third kappa shape index (κ3) is 3.69. The van der Waals surface area contributed by atoms with Crippen LogP contribution in [0, 0.1) is 0 Å². The Morgan fingerprint density at radius 1 is 1.09 bits per heavy atom. The molecule has 4 heterocycles. The van der Waals surface area contributed by atoms with Crippen molar-refractivity contribution in [2.45, 2.75) is 26.1 Å². The zero-order valence-electron chi connectivity index (χ0n) is 17.9. The van der Waals surface area contributed by atoms with Gasteiger partial charge >= 0.3 is 0 Å². The summed E-state index contributed by atoms with van der Waals surface area (Å²) in [6.45, 7) is 2.57. The van der Waals surface area contributed by atoms with Crippen molar-refractivity contribution < 1.29 is 4.79 Å². The summed E-state index contributed by atoms with van der Waals surface area (Å²) >= 11 is 0. The molecule has 4 aromatic rings. The van der Waals surface area contributed by atoms with Gasteiger partial charge in [-0.15, -0.1) is 0 Å². The second-order valence-corrected chi connectivity index (χ2v) is 8.07. The van der Waals surface area contributed by atoms with Crippen molar-refractivity contribution in [1.82, 2.24) is 29.4 Å². The average molecular weight is 428 g/mol. The SMILES string of the molecule is Cn1c2c(c(=O)n3ncc(C(=O)NCc4cccnc4)c13)CN(Cc1ccccc1)CC2. The van der Waals surface area contributed by atoms with Gasteiger partial charge in [-0.25, -0.2) is 0 Å². The topological polar surface area (TPSA) is 84.5 Å². The molecule has 162 valence electrons. The minimum Gasteiger partial charge on any atom is -0.348 e. The number of aromatic nitrogens is 4. The van der Waals surface area contributed by atoms with E-state index in [0.717, 1.165) is 36.3 Å². The molecule has 1 aromatic carbocycles. The molecular weight excluding hydrogens is 404 g/mol. The van der Waals surface area contributed by atoms with Gasteiger partial charge in [0, 0.05) is 57.7 Å². The Labute approximate surface area is 185 Å². The van der Waals surface area contributed by atoms with Gasteiger partial charge < -0.3 is 9.88 Å². The number of fused-ring (bicyclic) bond motifs is 2. The maximum Gasteiger partial charge on any atom is 0.279 e. The van der Waals surface area contributed by atoms with Gasteiger partial charge in [0.25, 0.3) is 11.5 Å². The van der Waals surface area contributed by atoms with Crippen LogP contribution in [0.2, 0.25) is 0 Å². The van der Waals surface area contributed by atoms with Crippen LogP contribution in [0.1, 0.15) is 32.7 Å². The summed E-state index contributed by atoms with van der Waals surface area (Å²) < 4.78 is 3.30. The molecule has 32 heavy (non-hydrogen) atoms. The maximum absolute atomic E-state index is 13.3. The van der Waals surface area contributed by atoms with Crippen molar-refractivity contribution in [3.05, 3.63) is 99.4 Å². The quantitative estimate of drug-likeness (QED) is 0.525. The van der Waals surface area contributed by atoms with Crippen LogP contribution in [-0.4, -0.2) is 36.5 Å². The van der Waals surface area contributed by atoms with E-state index in [9.17, 15) is 9.59 Å². The summed E-state index contributed by atoms with van der Waals surface area (Å²) in [6, 6.07) is 14.0. The third-order valence-electron chi connectivity index (χ3n) is 5.98. The first-order valence-corrected chi connectivity index (χ1v) is 10.6. The molecular formula is C24H24N6O2. The lowest BCUT2D eigenvalue weighted by molar-refractivity contribution is 0.0952. The first-order chi connectivity index (χ1) is 15.6. The molecule has 1 N–H and O–H groups in total. The Hall–Kier alpha value is -3.78.